The van der Waals surface area contributed by atoms with Crippen molar-refractivity contribution in [2.24, 2.45) is 0 Å². The molecule has 0 aromatic heterocycles. The molecular weight excluding hydrogens is 615 g/mol. The van der Waals surface area contributed by atoms with Crippen LogP contribution in [0.3, 0.4) is 0 Å². The van der Waals surface area contributed by atoms with Crippen molar-refractivity contribution < 1.29 is 4.79 Å². The second kappa shape index (κ2) is 17.5. The molecule has 0 fully saturated rings. The Morgan fingerprint density at radius 3 is 1.06 bits per heavy atom. The van der Waals surface area contributed by atoms with Crippen molar-refractivity contribution in [2.45, 2.75) is 70.6 Å². The molecule has 0 aliphatic heterocycles. The summed E-state index contributed by atoms with van der Waals surface area (Å²) in [7, 11) is 0. The van der Waals surface area contributed by atoms with Gasteiger partial charge < -0.3 is 5.32 Å². The van der Waals surface area contributed by atoms with E-state index < -0.39 is 0 Å². The van der Waals surface area contributed by atoms with Crippen molar-refractivity contribution in [3.05, 3.63) is 196 Å². The monoisotopic (exact) mass is 663 g/mol. The summed E-state index contributed by atoms with van der Waals surface area (Å²) in [6, 6.07) is 50.2. The van der Waals surface area contributed by atoms with Crippen LogP contribution in [-0.2, 0) is 5.41 Å². The van der Waals surface area contributed by atoms with Crippen LogP contribution in [0.5, 0.6) is 0 Å². The van der Waals surface area contributed by atoms with Crippen LogP contribution in [0.2, 0.25) is 0 Å². The minimum atomic E-state index is -0.0751. The maximum atomic E-state index is 11.9. The minimum absolute atomic E-state index is 0.0708. The number of anilines is 1. The van der Waals surface area contributed by atoms with Crippen LogP contribution in [0, 0.1) is 41.5 Å². The van der Waals surface area contributed by atoms with Gasteiger partial charge in [-0.15, -0.1) is 0 Å². The van der Waals surface area contributed by atoms with E-state index in [1.165, 1.54) is 48.7 Å². The first kappa shape index (κ1) is 37.0. The van der Waals surface area contributed by atoms with Gasteiger partial charge in [-0.2, -0.15) is 0 Å². The molecule has 250 valence electrons. The Bertz CT molecular complexity index is 1800. The van der Waals surface area contributed by atoms with E-state index in [1.54, 1.807) is 11.8 Å². The molecule has 3 heteroatoms. The van der Waals surface area contributed by atoms with E-state index in [0.717, 1.165) is 11.3 Å². The Hall–Kier alpha value is -4.86. The zero-order valence-corrected chi connectivity index (χ0v) is 31.0. The number of rotatable bonds is 6. The second-order valence-electron chi connectivity index (χ2n) is 13.3. The summed E-state index contributed by atoms with van der Waals surface area (Å²) in [6.45, 7) is 17.1. The third-order valence-corrected chi connectivity index (χ3v) is 9.46. The molecule has 0 radical (unpaired) electrons. The van der Waals surface area contributed by atoms with Gasteiger partial charge in [0.2, 0.25) is 0 Å². The second-order valence-corrected chi connectivity index (χ2v) is 14.4. The summed E-state index contributed by atoms with van der Waals surface area (Å²) in [5.41, 5.74) is 11.9. The fourth-order valence-electron chi connectivity index (χ4n) is 5.00. The Morgan fingerprint density at radius 2 is 0.714 bits per heavy atom. The number of carbonyl (C=O) groups is 1. The first-order valence-corrected chi connectivity index (χ1v) is 17.6. The quantitative estimate of drug-likeness (QED) is 0.192. The van der Waals surface area contributed by atoms with Crippen molar-refractivity contribution in [3.63, 3.8) is 0 Å². The zero-order valence-electron chi connectivity index (χ0n) is 30.2. The number of aryl methyl sites for hydroxylation is 6. The molecule has 0 atom stereocenters. The SMILES string of the molecule is Cc1ccc(C(C)(C)c2ccc(C)cc2)cc1.Cc1ccc(NC(=O)c2ccc(C)cc2)cc1.Cc1ccc(Sc2ccc(C)cc2)cc1. The van der Waals surface area contributed by atoms with Gasteiger partial charge in [0.1, 0.15) is 0 Å². The summed E-state index contributed by atoms with van der Waals surface area (Å²) >= 11 is 1.80. The Morgan fingerprint density at radius 1 is 0.429 bits per heavy atom. The molecule has 0 heterocycles. The largest absolute Gasteiger partial charge is 0.322 e. The molecule has 1 amide bonds. The van der Waals surface area contributed by atoms with Crippen LogP contribution in [0.1, 0.15) is 68.7 Å². The standard InChI is InChI=1S/C17H20.C15H15NO.C14H14S/c1-13-5-9-15(10-6-13)17(3,4)16-11-7-14(2)8-12-16;1-11-3-7-13(8-4-11)15(17)16-14-9-5-12(2)6-10-14;1-11-3-7-13(8-4-11)15-14-9-5-12(2)6-10-14/h5-12H,1-4H3;3-10H,1-2H3,(H,16,17);3-10H,1-2H3. The van der Waals surface area contributed by atoms with Gasteiger partial charge in [-0.3, -0.25) is 4.79 Å². The van der Waals surface area contributed by atoms with Crippen molar-refractivity contribution in [1.82, 2.24) is 0 Å². The van der Waals surface area contributed by atoms with E-state index in [4.69, 9.17) is 0 Å². The highest BCUT2D eigenvalue weighted by molar-refractivity contribution is 7.99. The van der Waals surface area contributed by atoms with E-state index in [2.05, 4.69) is 144 Å². The molecule has 0 saturated heterocycles. The third kappa shape index (κ3) is 11.7. The predicted octanol–water partition coefficient (Wildman–Crippen LogP) is 12.6. The van der Waals surface area contributed by atoms with Gasteiger partial charge in [0.25, 0.3) is 5.91 Å². The highest BCUT2D eigenvalue weighted by atomic mass is 32.2. The van der Waals surface area contributed by atoms with Crippen LogP contribution < -0.4 is 5.32 Å². The lowest BCUT2D eigenvalue weighted by atomic mass is 9.78. The normalized spacial score (nSPS) is 10.6. The molecular formula is C46H49NOS. The molecule has 2 nitrogen and oxygen atoms in total. The highest BCUT2D eigenvalue weighted by Crippen LogP contribution is 2.31. The number of nitrogens with one attached hydrogen (secondary N) is 1. The Labute approximate surface area is 298 Å². The van der Waals surface area contributed by atoms with Crippen LogP contribution in [-0.4, -0.2) is 5.91 Å². The molecule has 49 heavy (non-hydrogen) atoms. The van der Waals surface area contributed by atoms with Crippen molar-refractivity contribution in [3.8, 4) is 0 Å². The molecule has 0 saturated carbocycles. The third-order valence-electron chi connectivity index (χ3n) is 8.45. The summed E-state index contributed by atoms with van der Waals surface area (Å²) in [6.07, 6.45) is 0. The number of benzene rings is 6. The highest BCUT2D eigenvalue weighted by Gasteiger charge is 2.22. The van der Waals surface area contributed by atoms with Gasteiger partial charge >= 0.3 is 0 Å². The summed E-state index contributed by atoms with van der Waals surface area (Å²) in [5, 5.41) is 2.87. The van der Waals surface area contributed by atoms with E-state index >= 15 is 0 Å². The van der Waals surface area contributed by atoms with Gasteiger partial charge in [-0.05, 0) is 101 Å². The number of amides is 1. The van der Waals surface area contributed by atoms with E-state index in [1.807, 2.05) is 62.4 Å². The maximum absolute atomic E-state index is 11.9. The average molecular weight is 664 g/mol. The molecule has 0 aliphatic rings. The summed E-state index contributed by atoms with van der Waals surface area (Å²) in [5.74, 6) is -0.0751. The van der Waals surface area contributed by atoms with Crippen molar-refractivity contribution in [2.75, 3.05) is 5.32 Å². The summed E-state index contributed by atoms with van der Waals surface area (Å²) < 4.78 is 0. The van der Waals surface area contributed by atoms with Crippen molar-refractivity contribution >= 4 is 23.4 Å². The van der Waals surface area contributed by atoms with Gasteiger partial charge in [0, 0.05) is 26.5 Å². The molecule has 0 bridgehead atoms. The minimum Gasteiger partial charge on any atom is -0.322 e. The first-order chi connectivity index (χ1) is 23.4. The fraction of sp³-hybridized carbons (Fsp3) is 0.196. The van der Waals surface area contributed by atoms with Gasteiger partial charge in [0.05, 0.1) is 0 Å². The van der Waals surface area contributed by atoms with Crippen LogP contribution in [0.25, 0.3) is 0 Å². The fourth-order valence-corrected chi connectivity index (χ4v) is 5.82. The molecule has 6 rings (SSSR count). The van der Waals surface area contributed by atoms with Crippen LogP contribution in [0.15, 0.2) is 155 Å². The number of hydrogen-bond acceptors (Lipinski definition) is 2. The number of carbonyl (C=O) groups excluding carboxylic acids is 1. The van der Waals surface area contributed by atoms with Crippen LogP contribution in [0.4, 0.5) is 5.69 Å². The van der Waals surface area contributed by atoms with E-state index in [0.29, 0.717) is 5.56 Å². The molecule has 1 N–H and O–H groups in total. The van der Waals surface area contributed by atoms with E-state index in [-0.39, 0.29) is 11.3 Å². The van der Waals surface area contributed by atoms with Crippen LogP contribution >= 0.6 is 11.8 Å². The summed E-state index contributed by atoms with van der Waals surface area (Å²) in [4.78, 5) is 14.5. The van der Waals surface area contributed by atoms with Crippen molar-refractivity contribution in [1.29, 1.82) is 0 Å². The smallest absolute Gasteiger partial charge is 0.255 e. The van der Waals surface area contributed by atoms with Gasteiger partial charge in [-0.25, -0.2) is 0 Å². The zero-order chi connectivity index (χ0) is 35.4. The molecule has 0 spiro atoms. The molecule has 6 aromatic carbocycles. The van der Waals surface area contributed by atoms with Gasteiger partial charge in [0.15, 0.2) is 0 Å². The molecule has 0 aliphatic carbocycles. The molecule has 0 unspecified atom stereocenters. The predicted molar refractivity (Wildman–Crippen MR) is 211 cm³/mol. The first-order valence-electron chi connectivity index (χ1n) is 16.8. The lowest BCUT2D eigenvalue weighted by Gasteiger charge is -2.26. The maximum Gasteiger partial charge on any atom is 0.255 e. The Kier molecular flexibility index (Phi) is 13.2. The lowest BCUT2D eigenvalue weighted by Crippen LogP contribution is -2.18. The van der Waals surface area contributed by atoms with Gasteiger partial charge in [-0.1, -0.05) is 156 Å². The topological polar surface area (TPSA) is 29.1 Å². The average Bonchev–Trinajstić information content (AvgIpc) is 3.09. The van der Waals surface area contributed by atoms with E-state index in [9.17, 15) is 4.79 Å². The number of hydrogen-bond donors (Lipinski definition) is 1. The molecule has 6 aromatic rings. The lowest BCUT2D eigenvalue weighted by molar-refractivity contribution is 0.102. The Balaban J connectivity index is 0.000000166.